The second kappa shape index (κ2) is 7.53. The van der Waals surface area contributed by atoms with Crippen molar-refractivity contribution < 1.29 is 4.79 Å². The third-order valence-electron chi connectivity index (χ3n) is 3.00. The van der Waals surface area contributed by atoms with E-state index in [9.17, 15) is 4.79 Å². The molecule has 0 heterocycles. The summed E-state index contributed by atoms with van der Waals surface area (Å²) in [4.78, 5) is 15.5. The molecule has 5 nitrogen and oxygen atoms in total. The Hall–Kier alpha value is -2.04. The largest absolute Gasteiger partial charge is 0.370 e. The molecule has 0 spiro atoms. The van der Waals surface area contributed by atoms with Gasteiger partial charge < -0.3 is 16.4 Å². The number of anilines is 1. The average molecular weight is 276 g/mol. The van der Waals surface area contributed by atoms with Gasteiger partial charge in [0.25, 0.3) is 0 Å². The SMILES string of the molecule is Cc1ccc(NC(N)=NCCNC(=O)C(C)C)cc1C. The maximum absolute atomic E-state index is 11.3. The lowest BCUT2D eigenvalue weighted by atomic mass is 10.1. The maximum atomic E-state index is 11.3. The van der Waals surface area contributed by atoms with Crippen LogP contribution in [0.2, 0.25) is 0 Å². The highest BCUT2D eigenvalue weighted by Crippen LogP contribution is 2.13. The molecule has 5 heteroatoms. The van der Waals surface area contributed by atoms with Crippen LogP contribution in [0.5, 0.6) is 0 Å². The van der Waals surface area contributed by atoms with Crippen molar-refractivity contribution in [2.45, 2.75) is 27.7 Å². The number of carbonyl (C=O) groups excluding carboxylic acids is 1. The van der Waals surface area contributed by atoms with Crippen molar-refractivity contribution in [3.63, 3.8) is 0 Å². The number of carbonyl (C=O) groups is 1. The molecule has 1 aromatic rings. The second-order valence-electron chi connectivity index (χ2n) is 5.14. The van der Waals surface area contributed by atoms with E-state index in [2.05, 4.69) is 29.5 Å². The van der Waals surface area contributed by atoms with Crippen molar-refractivity contribution in [3.8, 4) is 0 Å². The fourth-order valence-electron chi connectivity index (χ4n) is 1.57. The highest BCUT2D eigenvalue weighted by atomic mass is 16.1. The van der Waals surface area contributed by atoms with E-state index in [0.29, 0.717) is 19.0 Å². The Bertz CT molecular complexity index is 495. The molecule has 0 saturated heterocycles. The van der Waals surface area contributed by atoms with Gasteiger partial charge >= 0.3 is 0 Å². The molecule has 110 valence electrons. The number of nitrogens with two attached hydrogens (primary N) is 1. The third-order valence-corrected chi connectivity index (χ3v) is 3.00. The highest BCUT2D eigenvalue weighted by molar-refractivity contribution is 5.92. The monoisotopic (exact) mass is 276 g/mol. The van der Waals surface area contributed by atoms with Gasteiger partial charge in [0.2, 0.25) is 5.91 Å². The van der Waals surface area contributed by atoms with Gasteiger partial charge in [-0.1, -0.05) is 19.9 Å². The van der Waals surface area contributed by atoms with Gasteiger partial charge in [-0.15, -0.1) is 0 Å². The smallest absolute Gasteiger partial charge is 0.222 e. The van der Waals surface area contributed by atoms with Crippen molar-refractivity contribution in [1.29, 1.82) is 0 Å². The van der Waals surface area contributed by atoms with Crippen molar-refractivity contribution in [1.82, 2.24) is 5.32 Å². The van der Waals surface area contributed by atoms with Crippen molar-refractivity contribution in [2.75, 3.05) is 18.4 Å². The predicted molar refractivity (Wildman–Crippen MR) is 83.9 cm³/mol. The summed E-state index contributed by atoms with van der Waals surface area (Å²) in [5.74, 6) is 0.373. The van der Waals surface area contributed by atoms with Crippen molar-refractivity contribution in [3.05, 3.63) is 29.3 Å². The van der Waals surface area contributed by atoms with Crippen LogP contribution in [0.1, 0.15) is 25.0 Å². The first-order chi connectivity index (χ1) is 9.40. The lowest BCUT2D eigenvalue weighted by molar-refractivity contribution is -0.123. The maximum Gasteiger partial charge on any atom is 0.222 e. The fourth-order valence-corrected chi connectivity index (χ4v) is 1.57. The molecule has 0 fully saturated rings. The van der Waals surface area contributed by atoms with Gasteiger partial charge in [0, 0.05) is 18.2 Å². The molecular weight excluding hydrogens is 252 g/mol. The van der Waals surface area contributed by atoms with Crippen LogP contribution >= 0.6 is 0 Å². The molecule has 0 aliphatic carbocycles. The van der Waals surface area contributed by atoms with Crippen LogP contribution in [0.25, 0.3) is 0 Å². The molecule has 0 aliphatic heterocycles. The van der Waals surface area contributed by atoms with Gasteiger partial charge in [-0.3, -0.25) is 9.79 Å². The Balaban J connectivity index is 2.42. The predicted octanol–water partition coefficient (Wildman–Crippen LogP) is 1.80. The number of aryl methyl sites for hydroxylation is 2. The molecule has 0 unspecified atom stereocenters. The van der Waals surface area contributed by atoms with Gasteiger partial charge in [0.15, 0.2) is 5.96 Å². The summed E-state index contributed by atoms with van der Waals surface area (Å²) in [7, 11) is 0. The molecule has 4 N–H and O–H groups in total. The van der Waals surface area contributed by atoms with E-state index in [0.717, 1.165) is 5.69 Å². The molecule has 0 saturated carbocycles. The number of aliphatic imine (C=N–C) groups is 1. The van der Waals surface area contributed by atoms with Crippen LogP contribution in [0, 0.1) is 19.8 Å². The third kappa shape index (κ3) is 5.30. The summed E-state index contributed by atoms with van der Waals surface area (Å²) in [6.45, 7) is 8.78. The molecule has 0 aliphatic rings. The molecule has 20 heavy (non-hydrogen) atoms. The van der Waals surface area contributed by atoms with Crippen LogP contribution in [0.4, 0.5) is 5.69 Å². The normalized spacial score (nSPS) is 11.6. The average Bonchev–Trinajstić information content (AvgIpc) is 2.38. The number of benzene rings is 1. The zero-order valence-electron chi connectivity index (χ0n) is 12.7. The van der Waals surface area contributed by atoms with Gasteiger partial charge in [0.1, 0.15) is 0 Å². The summed E-state index contributed by atoms with van der Waals surface area (Å²) < 4.78 is 0. The van der Waals surface area contributed by atoms with Crippen LogP contribution in [-0.4, -0.2) is 25.0 Å². The molecule has 0 aromatic heterocycles. The van der Waals surface area contributed by atoms with E-state index >= 15 is 0 Å². The summed E-state index contributed by atoms with van der Waals surface area (Å²) in [5.41, 5.74) is 9.15. The number of hydrogen-bond donors (Lipinski definition) is 3. The highest BCUT2D eigenvalue weighted by Gasteiger charge is 2.04. The zero-order valence-corrected chi connectivity index (χ0v) is 12.7. The topological polar surface area (TPSA) is 79.5 Å². The summed E-state index contributed by atoms with van der Waals surface area (Å²) >= 11 is 0. The van der Waals surface area contributed by atoms with E-state index in [1.807, 2.05) is 32.0 Å². The Kier molecular flexibility index (Phi) is 6.03. The first kappa shape index (κ1) is 16.0. The van der Waals surface area contributed by atoms with Crippen LogP contribution < -0.4 is 16.4 Å². The first-order valence-corrected chi connectivity index (χ1v) is 6.82. The van der Waals surface area contributed by atoms with E-state index in [1.165, 1.54) is 11.1 Å². The summed E-state index contributed by atoms with van der Waals surface area (Å²) in [5, 5.41) is 5.82. The van der Waals surface area contributed by atoms with Gasteiger partial charge in [0.05, 0.1) is 6.54 Å². The number of nitrogens with one attached hydrogen (secondary N) is 2. The van der Waals surface area contributed by atoms with E-state index in [4.69, 9.17) is 5.73 Å². The zero-order chi connectivity index (χ0) is 15.1. The van der Waals surface area contributed by atoms with E-state index < -0.39 is 0 Å². The lowest BCUT2D eigenvalue weighted by Gasteiger charge is -2.09. The number of hydrogen-bond acceptors (Lipinski definition) is 2. The second-order valence-corrected chi connectivity index (χ2v) is 5.14. The lowest BCUT2D eigenvalue weighted by Crippen LogP contribution is -2.31. The molecule has 0 atom stereocenters. The minimum atomic E-state index is -0.00927. The van der Waals surface area contributed by atoms with Crippen LogP contribution in [0.15, 0.2) is 23.2 Å². The van der Waals surface area contributed by atoms with Crippen molar-refractivity contribution >= 4 is 17.6 Å². The number of nitrogens with zero attached hydrogens (tertiary/aromatic N) is 1. The molecule has 1 aromatic carbocycles. The van der Waals surface area contributed by atoms with E-state index in [1.54, 1.807) is 0 Å². The quantitative estimate of drug-likeness (QED) is 0.436. The molecule has 0 bridgehead atoms. The van der Waals surface area contributed by atoms with Crippen LogP contribution in [0.3, 0.4) is 0 Å². The van der Waals surface area contributed by atoms with Gasteiger partial charge in [-0.2, -0.15) is 0 Å². The molecule has 1 rings (SSSR count). The molecule has 1 amide bonds. The Labute approximate surface area is 120 Å². The fraction of sp³-hybridized carbons (Fsp3) is 0.467. The van der Waals surface area contributed by atoms with Crippen molar-refractivity contribution in [2.24, 2.45) is 16.6 Å². The number of guanidine groups is 1. The van der Waals surface area contributed by atoms with Crippen LogP contribution in [-0.2, 0) is 4.79 Å². The van der Waals surface area contributed by atoms with E-state index in [-0.39, 0.29) is 11.8 Å². The summed E-state index contributed by atoms with van der Waals surface area (Å²) in [6, 6.07) is 6.03. The van der Waals surface area contributed by atoms with Gasteiger partial charge in [-0.05, 0) is 37.1 Å². The number of rotatable bonds is 5. The summed E-state index contributed by atoms with van der Waals surface area (Å²) in [6.07, 6.45) is 0. The molecule has 0 radical (unpaired) electrons. The molecular formula is C15H24N4O. The minimum absolute atomic E-state index is 0.00927. The minimum Gasteiger partial charge on any atom is -0.370 e. The Morgan fingerprint density at radius 2 is 2.00 bits per heavy atom. The van der Waals surface area contributed by atoms with Gasteiger partial charge in [-0.25, -0.2) is 0 Å². The Morgan fingerprint density at radius 3 is 2.60 bits per heavy atom. The standard InChI is InChI=1S/C15H24N4O/c1-10(2)14(20)17-7-8-18-15(16)19-13-6-5-11(3)12(4)9-13/h5-6,9-10H,7-8H2,1-4H3,(H,17,20)(H3,16,18,19). The number of amides is 1. The first-order valence-electron chi connectivity index (χ1n) is 6.82. The Morgan fingerprint density at radius 1 is 1.30 bits per heavy atom.